The molecule has 0 N–H and O–H groups in total. The average Bonchev–Trinajstić information content (AvgIpc) is 3.71. The van der Waals surface area contributed by atoms with E-state index in [4.69, 9.17) is 9.47 Å². The van der Waals surface area contributed by atoms with Crippen molar-refractivity contribution in [3.8, 4) is 11.3 Å². The molecule has 0 amide bonds. The molecule has 6 rings (SSSR count). The van der Waals surface area contributed by atoms with E-state index in [0.717, 1.165) is 31.1 Å². The van der Waals surface area contributed by atoms with Crippen LogP contribution in [0.25, 0.3) is 22.2 Å². The summed E-state index contributed by atoms with van der Waals surface area (Å²) in [7, 11) is 0. The largest absolute Gasteiger partial charge is 0.372 e. The molecule has 180 valence electrons. The highest BCUT2D eigenvalue weighted by Crippen LogP contribution is 2.31. The van der Waals surface area contributed by atoms with Gasteiger partial charge in [0, 0.05) is 28.0 Å². The highest BCUT2D eigenvalue weighted by molar-refractivity contribution is 5.87. The third-order valence-electron chi connectivity index (χ3n) is 6.71. The standard InChI is InChI=1S/C32H30N2O2/c1-4-12-25(13-5-1)32-20-26-14-10-11-19-31(26)34(32)22-29(35-23-30-24-36-30)21-33(27-15-6-2-7-16-27)28-17-8-3-9-18-28/h1-20,29-30H,21-24H2/t29-,30-/m1/s1. The van der Waals surface area contributed by atoms with Crippen molar-refractivity contribution in [2.45, 2.75) is 18.8 Å². The fourth-order valence-electron chi connectivity index (χ4n) is 4.81. The number of hydrogen-bond donors (Lipinski definition) is 0. The third-order valence-corrected chi connectivity index (χ3v) is 6.71. The van der Waals surface area contributed by atoms with E-state index >= 15 is 0 Å². The summed E-state index contributed by atoms with van der Waals surface area (Å²) in [5.41, 5.74) is 5.94. The Morgan fingerprint density at radius 3 is 2.00 bits per heavy atom. The first-order valence-electron chi connectivity index (χ1n) is 12.6. The second-order valence-electron chi connectivity index (χ2n) is 9.26. The molecule has 4 aromatic carbocycles. The van der Waals surface area contributed by atoms with Gasteiger partial charge in [0.1, 0.15) is 6.10 Å². The Kier molecular flexibility index (Phi) is 6.53. The Bertz CT molecular complexity index is 1360. The van der Waals surface area contributed by atoms with Gasteiger partial charge in [-0.3, -0.25) is 0 Å². The van der Waals surface area contributed by atoms with Gasteiger partial charge in [-0.1, -0.05) is 84.9 Å². The first-order chi connectivity index (χ1) is 17.8. The van der Waals surface area contributed by atoms with Crippen LogP contribution < -0.4 is 4.90 Å². The number of fused-ring (bicyclic) bond motifs is 1. The fraction of sp³-hybridized carbons (Fsp3) is 0.188. The van der Waals surface area contributed by atoms with Crippen molar-refractivity contribution in [3.63, 3.8) is 0 Å². The maximum absolute atomic E-state index is 6.57. The average molecular weight is 475 g/mol. The molecular formula is C32H30N2O2. The van der Waals surface area contributed by atoms with E-state index in [1.54, 1.807) is 0 Å². The van der Waals surface area contributed by atoms with Crippen LogP contribution in [0.1, 0.15) is 0 Å². The molecule has 4 heteroatoms. The lowest BCUT2D eigenvalue weighted by atomic mass is 10.1. The Morgan fingerprint density at radius 1 is 0.778 bits per heavy atom. The Labute approximate surface area is 212 Å². The van der Waals surface area contributed by atoms with Crippen LogP contribution in [0.4, 0.5) is 11.4 Å². The molecular weight excluding hydrogens is 444 g/mol. The number of epoxide rings is 1. The summed E-state index contributed by atoms with van der Waals surface area (Å²) >= 11 is 0. The quantitative estimate of drug-likeness (QED) is 0.206. The summed E-state index contributed by atoms with van der Waals surface area (Å²) in [6.07, 6.45) is 0.164. The predicted octanol–water partition coefficient (Wildman–Crippen LogP) is 6.93. The van der Waals surface area contributed by atoms with Crippen LogP contribution in [0, 0.1) is 0 Å². The van der Waals surface area contributed by atoms with Gasteiger partial charge in [0.15, 0.2) is 0 Å². The first-order valence-corrected chi connectivity index (χ1v) is 12.6. The highest BCUT2D eigenvalue weighted by Gasteiger charge is 2.26. The Hall–Kier alpha value is -3.86. The number of rotatable bonds is 10. The lowest BCUT2D eigenvalue weighted by Crippen LogP contribution is -2.35. The number of nitrogens with zero attached hydrogens (tertiary/aromatic N) is 2. The number of anilines is 2. The molecule has 1 aromatic heterocycles. The van der Waals surface area contributed by atoms with E-state index in [1.807, 2.05) is 0 Å². The van der Waals surface area contributed by atoms with E-state index in [0.29, 0.717) is 6.61 Å². The van der Waals surface area contributed by atoms with E-state index < -0.39 is 0 Å². The molecule has 4 nitrogen and oxygen atoms in total. The fourth-order valence-corrected chi connectivity index (χ4v) is 4.81. The van der Waals surface area contributed by atoms with Gasteiger partial charge in [0.05, 0.1) is 32.4 Å². The summed E-state index contributed by atoms with van der Waals surface area (Å²) in [5, 5.41) is 1.24. The molecule has 0 aliphatic carbocycles. The number of benzene rings is 4. The zero-order valence-electron chi connectivity index (χ0n) is 20.2. The maximum Gasteiger partial charge on any atom is 0.104 e. The molecule has 1 aliphatic heterocycles. The van der Waals surface area contributed by atoms with Crippen molar-refractivity contribution < 1.29 is 9.47 Å². The minimum atomic E-state index is -0.0483. The second-order valence-corrected chi connectivity index (χ2v) is 9.26. The molecule has 5 aromatic rings. The molecule has 1 aliphatic rings. The van der Waals surface area contributed by atoms with E-state index in [9.17, 15) is 0 Å². The molecule has 2 heterocycles. The normalized spacial score (nSPS) is 15.6. The topological polar surface area (TPSA) is 29.9 Å². The minimum absolute atomic E-state index is 0.0483. The molecule has 1 saturated heterocycles. The molecule has 0 unspecified atom stereocenters. The monoisotopic (exact) mass is 474 g/mol. The van der Waals surface area contributed by atoms with Gasteiger partial charge >= 0.3 is 0 Å². The van der Waals surface area contributed by atoms with Crippen LogP contribution in [0.15, 0.2) is 121 Å². The molecule has 0 saturated carbocycles. The van der Waals surface area contributed by atoms with Crippen molar-refractivity contribution in [1.29, 1.82) is 0 Å². The van der Waals surface area contributed by atoms with Gasteiger partial charge in [-0.2, -0.15) is 0 Å². The Morgan fingerprint density at radius 2 is 1.36 bits per heavy atom. The number of para-hydroxylation sites is 3. The lowest BCUT2D eigenvalue weighted by Gasteiger charge is -2.30. The van der Waals surface area contributed by atoms with Crippen LogP contribution in [0.2, 0.25) is 0 Å². The SMILES string of the molecule is c1ccc(-c2cc3ccccc3n2C[C@@H](CN(c2ccccc2)c2ccccc2)OC[C@@H]2CO2)cc1. The van der Waals surface area contributed by atoms with Crippen LogP contribution in [-0.2, 0) is 16.0 Å². The number of aromatic nitrogens is 1. The minimum Gasteiger partial charge on any atom is -0.372 e. The smallest absolute Gasteiger partial charge is 0.104 e. The zero-order valence-corrected chi connectivity index (χ0v) is 20.2. The molecule has 1 fully saturated rings. The van der Waals surface area contributed by atoms with Crippen molar-refractivity contribution in [3.05, 3.63) is 121 Å². The number of hydrogen-bond acceptors (Lipinski definition) is 3. The van der Waals surface area contributed by atoms with E-state index in [1.165, 1.54) is 22.2 Å². The summed E-state index contributed by atoms with van der Waals surface area (Å²) in [4.78, 5) is 2.35. The van der Waals surface area contributed by atoms with Crippen LogP contribution in [-0.4, -0.2) is 36.5 Å². The van der Waals surface area contributed by atoms with Crippen LogP contribution >= 0.6 is 0 Å². The van der Waals surface area contributed by atoms with Gasteiger partial charge in [0.25, 0.3) is 0 Å². The van der Waals surface area contributed by atoms with Gasteiger partial charge in [-0.15, -0.1) is 0 Å². The van der Waals surface area contributed by atoms with Crippen molar-refractivity contribution in [2.24, 2.45) is 0 Å². The van der Waals surface area contributed by atoms with E-state index in [2.05, 4.69) is 131 Å². The van der Waals surface area contributed by atoms with Crippen molar-refractivity contribution in [1.82, 2.24) is 4.57 Å². The van der Waals surface area contributed by atoms with Gasteiger partial charge in [0.2, 0.25) is 0 Å². The summed E-state index contributed by atoms with van der Waals surface area (Å²) in [6.45, 7) is 2.86. The molecule has 36 heavy (non-hydrogen) atoms. The van der Waals surface area contributed by atoms with Gasteiger partial charge < -0.3 is 18.9 Å². The van der Waals surface area contributed by atoms with Crippen molar-refractivity contribution in [2.75, 3.05) is 24.7 Å². The summed E-state index contributed by atoms with van der Waals surface area (Å²) in [5.74, 6) is 0. The summed E-state index contributed by atoms with van der Waals surface area (Å²) in [6, 6.07) is 42.6. The highest BCUT2D eigenvalue weighted by atomic mass is 16.6. The molecule has 0 radical (unpaired) electrons. The van der Waals surface area contributed by atoms with Crippen LogP contribution in [0.3, 0.4) is 0 Å². The molecule has 2 atom stereocenters. The van der Waals surface area contributed by atoms with Gasteiger partial charge in [-0.25, -0.2) is 0 Å². The molecule has 0 bridgehead atoms. The predicted molar refractivity (Wildman–Crippen MR) is 147 cm³/mol. The van der Waals surface area contributed by atoms with E-state index in [-0.39, 0.29) is 12.2 Å². The Balaban J connectivity index is 1.38. The lowest BCUT2D eigenvalue weighted by molar-refractivity contribution is 0.0385. The zero-order chi connectivity index (χ0) is 24.2. The van der Waals surface area contributed by atoms with Crippen LogP contribution in [0.5, 0.6) is 0 Å². The third kappa shape index (κ3) is 5.06. The maximum atomic E-state index is 6.57. The van der Waals surface area contributed by atoms with Crippen molar-refractivity contribution >= 4 is 22.3 Å². The number of ether oxygens (including phenoxy) is 2. The summed E-state index contributed by atoms with van der Waals surface area (Å²) < 4.78 is 14.5. The molecule has 0 spiro atoms. The van der Waals surface area contributed by atoms with Gasteiger partial charge in [-0.05, 0) is 42.0 Å². The first kappa shape index (κ1) is 22.6. The second kappa shape index (κ2) is 10.4.